The molecule has 0 unspecified atom stereocenters. The molecule has 0 aliphatic heterocycles. The van der Waals surface area contributed by atoms with Gasteiger partial charge in [-0.1, -0.05) is 43.5 Å². The summed E-state index contributed by atoms with van der Waals surface area (Å²) in [5.74, 6) is -0.0423. The van der Waals surface area contributed by atoms with E-state index in [4.69, 9.17) is 0 Å². The van der Waals surface area contributed by atoms with E-state index in [1.165, 1.54) is 26.3 Å². The molecule has 1 saturated carbocycles. The van der Waals surface area contributed by atoms with E-state index < -0.39 is 10.0 Å². The van der Waals surface area contributed by atoms with Gasteiger partial charge in [-0.3, -0.25) is 0 Å². The summed E-state index contributed by atoms with van der Waals surface area (Å²) in [6, 6.07) is 7.36. The van der Waals surface area contributed by atoms with Crippen LogP contribution in [-0.4, -0.2) is 27.5 Å². The molecule has 0 bridgehead atoms. The highest BCUT2D eigenvalue weighted by molar-refractivity contribution is 7.88. The smallest absolute Gasteiger partial charge is 0.315 e. The Morgan fingerprint density at radius 3 is 2.30 bits per heavy atom. The van der Waals surface area contributed by atoms with Gasteiger partial charge < -0.3 is 10.6 Å². The lowest BCUT2D eigenvalue weighted by Gasteiger charge is -2.22. The molecule has 2 rings (SSSR count). The van der Waals surface area contributed by atoms with Crippen molar-refractivity contribution < 1.29 is 13.2 Å². The fraction of sp³-hybridized carbons (Fsp3) is 0.562. The number of nitrogens with one attached hydrogen (secondary N) is 3. The lowest BCUT2D eigenvalue weighted by Crippen LogP contribution is -2.42. The molecule has 7 heteroatoms. The molecule has 6 nitrogen and oxygen atoms in total. The monoisotopic (exact) mass is 339 g/mol. The number of rotatable bonds is 6. The van der Waals surface area contributed by atoms with Crippen LogP contribution >= 0.6 is 0 Å². The van der Waals surface area contributed by atoms with Crippen molar-refractivity contribution in [2.75, 3.05) is 7.05 Å². The predicted octanol–water partition coefficient (Wildman–Crippen LogP) is 1.87. The molecule has 2 amide bonds. The number of sulfonamides is 1. The summed E-state index contributed by atoms with van der Waals surface area (Å²) in [5.41, 5.74) is 1.66. The lowest BCUT2D eigenvalue weighted by molar-refractivity contribution is 0.232. The lowest BCUT2D eigenvalue weighted by atomic mass is 9.96. The van der Waals surface area contributed by atoms with E-state index in [2.05, 4.69) is 15.4 Å². The third-order valence-electron chi connectivity index (χ3n) is 4.08. The molecule has 0 atom stereocenters. The highest BCUT2D eigenvalue weighted by Crippen LogP contribution is 2.17. The van der Waals surface area contributed by atoms with Gasteiger partial charge in [-0.2, -0.15) is 0 Å². The van der Waals surface area contributed by atoms with Crippen molar-refractivity contribution in [2.24, 2.45) is 0 Å². The van der Waals surface area contributed by atoms with Gasteiger partial charge in [-0.05, 0) is 31.0 Å². The van der Waals surface area contributed by atoms with Crippen LogP contribution in [0.25, 0.3) is 0 Å². The van der Waals surface area contributed by atoms with E-state index >= 15 is 0 Å². The number of hydrogen-bond donors (Lipinski definition) is 3. The van der Waals surface area contributed by atoms with E-state index in [1.54, 1.807) is 12.1 Å². The van der Waals surface area contributed by atoms with Crippen LogP contribution in [-0.2, 0) is 22.3 Å². The van der Waals surface area contributed by atoms with Crippen molar-refractivity contribution in [1.29, 1.82) is 0 Å². The fourth-order valence-electron chi connectivity index (χ4n) is 2.71. The Kier molecular flexibility index (Phi) is 6.41. The topological polar surface area (TPSA) is 87.3 Å². The van der Waals surface area contributed by atoms with Gasteiger partial charge >= 0.3 is 6.03 Å². The van der Waals surface area contributed by atoms with Crippen LogP contribution in [0.5, 0.6) is 0 Å². The van der Waals surface area contributed by atoms with Crippen molar-refractivity contribution in [3.63, 3.8) is 0 Å². The molecule has 0 radical (unpaired) electrons. The van der Waals surface area contributed by atoms with Crippen molar-refractivity contribution in [3.05, 3.63) is 35.4 Å². The Hall–Kier alpha value is -1.60. The first-order chi connectivity index (χ1) is 11.0. The van der Waals surface area contributed by atoms with E-state index in [0.29, 0.717) is 6.54 Å². The van der Waals surface area contributed by atoms with E-state index in [1.807, 2.05) is 12.1 Å². The highest BCUT2D eigenvalue weighted by Gasteiger charge is 2.15. The summed E-state index contributed by atoms with van der Waals surface area (Å²) in [5, 5.41) is 5.85. The van der Waals surface area contributed by atoms with Crippen LogP contribution in [0, 0.1) is 0 Å². The Bertz CT molecular complexity index is 608. The molecule has 1 aliphatic rings. The molecule has 3 N–H and O–H groups in total. The van der Waals surface area contributed by atoms with Gasteiger partial charge in [-0.15, -0.1) is 0 Å². The maximum atomic E-state index is 11.9. The van der Waals surface area contributed by atoms with Crippen molar-refractivity contribution in [1.82, 2.24) is 15.4 Å². The van der Waals surface area contributed by atoms with Crippen molar-refractivity contribution >= 4 is 16.1 Å². The van der Waals surface area contributed by atoms with Crippen molar-refractivity contribution in [2.45, 2.75) is 50.4 Å². The average Bonchev–Trinajstić information content (AvgIpc) is 2.55. The van der Waals surface area contributed by atoms with Gasteiger partial charge in [-0.25, -0.2) is 17.9 Å². The van der Waals surface area contributed by atoms with Gasteiger partial charge in [0.2, 0.25) is 10.0 Å². The third-order valence-corrected chi connectivity index (χ3v) is 5.42. The number of urea groups is 1. The molecular formula is C16H25N3O3S. The Balaban J connectivity index is 1.78. The normalized spacial score (nSPS) is 16.0. The second-order valence-corrected chi connectivity index (χ2v) is 7.87. The summed E-state index contributed by atoms with van der Waals surface area (Å²) in [6.45, 7) is 0.428. The first-order valence-electron chi connectivity index (χ1n) is 8.02. The minimum atomic E-state index is -3.26. The Morgan fingerprint density at radius 2 is 1.70 bits per heavy atom. The molecule has 1 aromatic carbocycles. The molecule has 0 aromatic heterocycles. The zero-order valence-electron chi connectivity index (χ0n) is 13.5. The first-order valence-corrected chi connectivity index (χ1v) is 9.67. The molecule has 1 aliphatic carbocycles. The van der Waals surface area contributed by atoms with E-state index in [9.17, 15) is 13.2 Å². The van der Waals surface area contributed by atoms with Crippen LogP contribution in [0.1, 0.15) is 43.2 Å². The summed E-state index contributed by atoms with van der Waals surface area (Å²) in [6.07, 6.45) is 5.74. The van der Waals surface area contributed by atoms with Crippen LogP contribution in [0.2, 0.25) is 0 Å². The number of carbonyl (C=O) groups excluding carboxylic acids is 1. The van der Waals surface area contributed by atoms with Gasteiger partial charge in [0.25, 0.3) is 0 Å². The Morgan fingerprint density at radius 1 is 1.09 bits per heavy atom. The van der Waals surface area contributed by atoms with E-state index in [-0.39, 0.29) is 17.8 Å². The fourth-order valence-corrected chi connectivity index (χ4v) is 3.49. The summed E-state index contributed by atoms with van der Waals surface area (Å²) in [7, 11) is -1.86. The number of amides is 2. The van der Waals surface area contributed by atoms with Crippen molar-refractivity contribution in [3.8, 4) is 0 Å². The number of benzene rings is 1. The van der Waals surface area contributed by atoms with Crippen LogP contribution in [0.3, 0.4) is 0 Å². The van der Waals surface area contributed by atoms with Gasteiger partial charge in [0.1, 0.15) is 0 Å². The maximum absolute atomic E-state index is 11.9. The van der Waals surface area contributed by atoms with Crippen LogP contribution in [0.15, 0.2) is 24.3 Å². The van der Waals surface area contributed by atoms with Gasteiger partial charge in [0.05, 0.1) is 5.75 Å². The largest absolute Gasteiger partial charge is 0.335 e. The molecule has 0 heterocycles. The molecule has 0 spiro atoms. The predicted molar refractivity (Wildman–Crippen MR) is 90.4 cm³/mol. The van der Waals surface area contributed by atoms with Gasteiger partial charge in [0.15, 0.2) is 0 Å². The molecular weight excluding hydrogens is 314 g/mol. The Labute approximate surface area is 138 Å². The molecule has 0 saturated heterocycles. The zero-order valence-corrected chi connectivity index (χ0v) is 14.3. The molecule has 23 heavy (non-hydrogen) atoms. The first kappa shape index (κ1) is 17.7. The summed E-state index contributed by atoms with van der Waals surface area (Å²) in [4.78, 5) is 11.9. The van der Waals surface area contributed by atoms with E-state index in [0.717, 1.165) is 24.0 Å². The molecule has 1 aromatic rings. The zero-order chi connectivity index (χ0) is 16.7. The number of hydrogen-bond acceptors (Lipinski definition) is 3. The van der Waals surface area contributed by atoms with Crippen LogP contribution < -0.4 is 15.4 Å². The third kappa shape index (κ3) is 6.19. The molecule has 1 fully saturated rings. The quantitative estimate of drug-likeness (QED) is 0.739. The minimum Gasteiger partial charge on any atom is -0.335 e. The van der Waals surface area contributed by atoms with Crippen LogP contribution in [0.4, 0.5) is 4.79 Å². The standard InChI is InChI=1S/C16H25N3O3S/c1-17-23(21,22)12-14-9-7-13(8-10-14)11-18-16(20)19-15-5-3-2-4-6-15/h7-10,15,17H,2-6,11-12H2,1H3,(H2,18,19,20). The molecule has 128 valence electrons. The summed E-state index contributed by atoms with van der Waals surface area (Å²) >= 11 is 0. The second-order valence-electron chi connectivity index (χ2n) is 5.94. The highest BCUT2D eigenvalue weighted by atomic mass is 32.2. The minimum absolute atomic E-state index is 0.0423. The average molecular weight is 339 g/mol. The second kappa shape index (κ2) is 8.31. The SMILES string of the molecule is CNS(=O)(=O)Cc1ccc(CNC(=O)NC2CCCCC2)cc1. The maximum Gasteiger partial charge on any atom is 0.315 e. The summed E-state index contributed by atoms with van der Waals surface area (Å²) < 4.78 is 25.3. The number of carbonyl (C=O) groups is 1. The van der Waals surface area contributed by atoms with Gasteiger partial charge in [0, 0.05) is 12.6 Å².